The van der Waals surface area contributed by atoms with Gasteiger partial charge in [-0.1, -0.05) is 12.0 Å². The van der Waals surface area contributed by atoms with Gasteiger partial charge < -0.3 is 15.3 Å². The molecule has 4 aromatic rings. The van der Waals surface area contributed by atoms with Gasteiger partial charge in [0.2, 0.25) is 11.8 Å². The van der Waals surface area contributed by atoms with Gasteiger partial charge in [0.15, 0.2) is 5.78 Å². The van der Waals surface area contributed by atoms with Crippen molar-refractivity contribution in [2.75, 3.05) is 18.4 Å². The average Bonchev–Trinajstić information content (AvgIpc) is 3.79. The predicted octanol–water partition coefficient (Wildman–Crippen LogP) is 4.19. The molecule has 50 heavy (non-hydrogen) atoms. The lowest BCUT2D eigenvalue weighted by molar-refractivity contribution is -0.142. The summed E-state index contributed by atoms with van der Waals surface area (Å²) in [5.74, 6) is 1.26. The molecule has 0 unspecified atom stereocenters. The van der Waals surface area contributed by atoms with E-state index in [9.17, 15) is 24.3 Å². The number of carboxylic acid groups (broad SMARTS) is 1. The SMILES string of the molecule is C#C[C@@H]1[C@@H](CN2CCC[C@H]2C(=O)O)C[C@@H](C(=O)Nc2nc(Br)ccc2C)N1C(=O)Cn1nc(C(C)=O)c2cc(-c3cnc(C)nc3)cc(C)c21. The second-order valence-electron chi connectivity index (χ2n) is 13.0. The largest absolute Gasteiger partial charge is 0.480 e. The van der Waals surface area contributed by atoms with Crippen molar-refractivity contribution in [3.8, 4) is 23.5 Å². The quantitative estimate of drug-likeness (QED) is 0.145. The van der Waals surface area contributed by atoms with Crippen LogP contribution in [0.15, 0.2) is 41.3 Å². The molecule has 2 aliphatic rings. The van der Waals surface area contributed by atoms with Gasteiger partial charge in [-0.15, -0.1) is 6.42 Å². The number of aryl methyl sites for hydroxylation is 3. The summed E-state index contributed by atoms with van der Waals surface area (Å²) in [6.07, 6.45) is 11.0. The molecule has 2 aliphatic heterocycles. The fourth-order valence-corrected chi connectivity index (χ4v) is 7.49. The van der Waals surface area contributed by atoms with E-state index in [0.29, 0.717) is 46.7 Å². The maximum Gasteiger partial charge on any atom is 0.320 e. The molecule has 14 heteroatoms. The number of amides is 2. The monoisotopic (exact) mass is 740 g/mol. The Bertz CT molecular complexity index is 2060. The molecule has 5 heterocycles. The zero-order valence-corrected chi connectivity index (χ0v) is 29.8. The van der Waals surface area contributed by atoms with Crippen LogP contribution in [0, 0.1) is 39.0 Å². The smallest absolute Gasteiger partial charge is 0.320 e. The predicted molar refractivity (Wildman–Crippen MR) is 189 cm³/mol. The minimum atomic E-state index is -0.969. The van der Waals surface area contributed by atoms with Crippen molar-refractivity contribution < 1.29 is 24.3 Å². The van der Waals surface area contributed by atoms with Gasteiger partial charge in [-0.25, -0.2) is 15.0 Å². The molecule has 0 bridgehead atoms. The van der Waals surface area contributed by atoms with Gasteiger partial charge in [-0.05, 0) is 97.4 Å². The second-order valence-corrected chi connectivity index (χ2v) is 13.8. The highest BCUT2D eigenvalue weighted by atomic mass is 79.9. The number of nitrogens with zero attached hydrogens (tertiary/aromatic N) is 7. The first-order valence-corrected chi connectivity index (χ1v) is 17.1. The van der Waals surface area contributed by atoms with E-state index in [1.165, 1.54) is 16.5 Å². The molecule has 2 fully saturated rings. The highest BCUT2D eigenvalue weighted by Gasteiger charge is 2.48. The number of aliphatic carboxylic acids is 1. The minimum Gasteiger partial charge on any atom is -0.480 e. The van der Waals surface area contributed by atoms with Crippen LogP contribution in [-0.2, 0) is 20.9 Å². The van der Waals surface area contributed by atoms with Crippen molar-refractivity contribution in [2.45, 2.75) is 71.6 Å². The molecule has 1 aromatic carbocycles. The first-order valence-electron chi connectivity index (χ1n) is 16.4. The van der Waals surface area contributed by atoms with Crippen molar-refractivity contribution >= 4 is 56.2 Å². The molecule has 3 aromatic heterocycles. The molecule has 0 radical (unpaired) electrons. The number of carbonyl (C=O) groups is 4. The Balaban J connectivity index is 1.36. The number of Topliss-reactive ketones (excluding diaryl/α,β-unsaturated/α-hetero) is 1. The van der Waals surface area contributed by atoms with Crippen molar-refractivity contribution in [3.63, 3.8) is 0 Å². The summed E-state index contributed by atoms with van der Waals surface area (Å²) >= 11 is 3.35. The third kappa shape index (κ3) is 6.75. The molecule has 13 nitrogen and oxygen atoms in total. The number of ketones is 1. The zero-order chi connectivity index (χ0) is 35.9. The van der Waals surface area contributed by atoms with Gasteiger partial charge in [0.25, 0.3) is 0 Å². The summed E-state index contributed by atoms with van der Waals surface area (Å²) in [5.41, 5.74) is 3.88. The number of rotatable bonds is 9. The van der Waals surface area contributed by atoms with E-state index in [2.05, 4.69) is 47.2 Å². The summed E-state index contributed by atoms with van der Waals surface area (Å²) in [5, 5.41) is 17.9. The number of terminal acetylenes is 1. The molecule has 0 spiro atoms. The third-order valence-corrected chi connectivity index (χ3v) is 10.0. The van der Waals surface area contributed by atoms with Crippen molar-refractivity contribution in [1.29, 1.82) is 0 Å². The standard InChI is InChI=1S/C36H37BrN8O5/c1-6-27-24(17-43-11-7-8-28(43)36(49)50)14-29(35(48)41-34-19(2)9-10-30(37)40-34)45(27)31(47)18-44-33-20(3)12-23(25-15-38-22(5)39-16-25)13-26(33)32(42-44)21(4)46/h1,9-10,12-13,15-16,24,27-29H,7-8,11,14,17-18H2,2-5H3,(H,49,50)(H,40,41,48)/t24-,27-,28+,29+/m1/s1. The number of benzene rings is 1. The van der Waals surface area contributed by atoms with Crippen molar-refractivity contribution in [1.82, 2.24) is 34.5 Å². The van der Waals surface area contributed by atoms with Crippen molar-refractivity contribution in [3.05, 3.63) is 63.9 Å². The van der Waals surface area contributed by atoms with Crippen LogP contribution in [-0.4, -0.2) is 94.4 Å². The van der Waals surface area contributed by atoms with Crippen LogP contribution in [0.5, 0.6) is 0 Å². The maximum absolute atomic E-state index is 14.4. The van der Waals surface area contributed by atoms with Gasteiger partial charge >= 0.3 is 5.97 Å². The summed E-state index contributed by atoms with van der Waals surface area (Å²) in [7, 11) is 0. The Morgan fingerprint density at radius 2 is 1.80 bits per heavy atom. The Labute approximate surface area is 297 Å². The minimum absolute atomic E-state index is 0.206. The van der Waals surface area contributed by atoms with E-state index in [1.807, 2.05) is 36.9 Å². The molecule has 258 valence electrons. The van der Waals surface area contributed by atoms with Crippen LogP contribution >= 0.6 is 15.9 Å². The van der Waals surface area contributed by atoms with Gasteiger partial charge in [0, 0.05) is 42.7 Å². The summed E-state index contributed by atoms with van der Waals surface area (Å²) in [6.45, 7) is 7.52. The molecular weight excluding hydrogens is 704 g/mol. The first-order chi connectivity index (χ1) is 23.9. The van der Waals surface area contributed by atoms with E-state index in [1.54, 1.807) is 25.4 Å². The normalized spacial score (nSPS) is 20.6. The molecule has 6 rings (SSSR count). The molecular formula is C36H37BrN8O5. The average molecular weight is 742 g/mol. The number of carboxylic acids is 1. The molecule has 2 N–H and O–H groups in total. The lowest BCUT2D eigenvalue weighted by atomic mass is 9.98. The van der Waals surface area contributed by atoms with E-state index < -0.39 is 35.9 Å². The molecule has 2 saturated heterocycles. The van der Waals surface area contributed by atoms with E-state index in [-0.39, 0.29) is 30.4 Å². The van der Waals surface area contributed by atoms with E-state index >= 15 is 0 Å². The third-order valence-electron chi connectivity index (χ3n) is 9.56. The zero-order valence-electron chi connectivity index (χ0n) is 28.2. The number of fused-ring (bicyclic) bond motifs is 1. The van der Waals surface area contributed by atoms with E-state index in [0.717, 1.165) is 28.7 Å². The number of hydrogen-bond donors (Lipinski definition) is 2. The summed E-state index contributed by atoms with van der Waals surface area (Å²) in [4.78, 5) is 69.6. The number of pyridine rings is 1. The Morgan fingerprint density at radius 3 is 2.48 bits per heavy atom. The van der Waals surface area contributed by atoms with Crippen LogP contribution in [0.3, 0.4) is 0 Å². The lowest BCUT2D eigenvalue weighted by Crippen LogP contribution is -2.49. The number of hydrogen-bond acceptors (Lipinski definition) is 9. The van der Waals surface area contributed by atoms with Gasteiger partial charge in [-0.2, -0.15) is 5.10 Å². The van der Waals surface area contributed by atoms with Crippen molar-refractivity contribution in [2.24, 2.45) is 5.92 Å². The fraction of sp³-hybridized carbons (Fsp3) is 0.389. The number of carbonyl (C=O) groups excluding carboxylic acids is 3. The van der Waals surface area contributed by atoms with Crippen LogP contribution in [0.25, 0.3) is 22.0 Å². The first kappa shape index (κ1) is 34.8. The molecule has 0 aliphatic carbocycles. The molecule has 0 saturated carbocycles. The highest BCUT2D eigenvalue weighted by Crippen LogP contribution is 2.35. The summed E-state index contributed by atoms with van der Waals surface area (Å²) < 4.78 is 2.03. The van der Waals surface area contributed by atoms with Gasteiger partial charge in [0.1, 0.15) is 40.6 Å². The Morgan fingerprint density at radius 1 is 1.06 bits per heavy atom. The molecule has 2 amide bonds. The van der Waals surface area contributed by atoms with Gasteiger partial charge in [0.05, 0.1) is 11.6 Å². The van der Waals surface area contributed by atoms with Gasteiger partial charge in [-0.3, -0.25) is 28.8 Å². The van der Waals surface area contributed by atoms with Crippen LogP contribution in [0.1, 0.15) is 53.6 Å². The number of anilines is 1. The van der Waals surface area contributed by atoms with Crippen LogP contribution in [0.2, 0.25) is 0 Å². The van der Waals surface area contributed by atoms with E-state index in [4.69, 9.17) is 6.42 Å². The van der Waals surface area contributed by atoms with Crippen LogP contribution < -0.4 is 5.32 Å². The summed E-state index contributed by atoms with van der Waals surface area (Å²) in [6, 6.07) is 4.92. The lowest BCUT2D eigenvalue weighted by Gasteiger charge is -2.30. The number of likely N-dealkylation sites (tertiary alicyclic amines) is 2. The topological polar surface area (TPSA) is 164 Å². The fourth-order valence-electron chi connectivity index (χ4n) is 7.18. The van der Waals surface area contributed by atoms with Crippen LogP contribution in [0.4, 0.5) is 5.82 Å². The molecule has 4 atom stereocenters. The highest BCUT2D eigenvalue weighted by molar-refractivity contribution is 9.10. The second kappa shape index (κ2) is 14.1. The maximum atomic E-state index is 14.4. The number of aromatic nitrogens is 5. The number of nitrogens with one attached hydrogen (secondary N) is 1. The number of halogens is 1. The Hall–Kier alpha value is -5.00. The Kier molecular flexibility index (Phi) is 9.82.